The van der Waals surface area contributed by atoms with Crippen molar-refractivity contribution in [2.45, 2.75) is 52.5 Å². The lowest BCUT2D eigenvalue weighted by molar-refractivity contribution is -0.123. The number of carbonyl (C=O) groups excluding carboxylic acids is 3. The van der Waals surface area contributed by atoms with Crippen molar-refractivity contribution in [2.24, 2.45) is 0 Å². The third kappa shape index (κ3) is 8.50. The number of urea groups is 1. The molecule has 0 aliphatic rings. The average molecular weight is 364 g/mol. The fourth-order valence-corrected chi connectivity index (χ4v) is 1.97. The molecule has 3 amide bonds. The lowest BCUT2D eigenvalue weighted by Crippen LogP contribution is -2.44. The first kappa shape index (κ1) is 21.5. The Bertz CT molecular complexity index is 586. The number of unbranched alkanes of at least 4 members (excludes halogenated alkanes) is 2. The van der Waals surface area contributed by atoms with E-state index in [1.807, 2.05) is 13.8 Å². The molecule has 1 aromatic rings. The first-order valence-electron chi connectivity index (χ1n) is 8.96. The standard InChI is InChI=1S/C19H28N2O5/c1-4-6-7-12-25-16-10-8-15(9-11-16)18(23)26-13-17(22)21-19(24)20-14(3)5-2/h8-11,14H,4-7,12-13H2,1-3H3,(H2,20,21,22,24)/t14-/m1/s1. The molecule has 1 atom stereocenters. The lowest BCUT2D eigenvalue weighted by Gasteiger charge is -2.12. The van der Waals surface area contributed by atoms with Crippen molar-refractivity contribution >= 4 is 17.9 Å². The first-order chi connectivity index (χ1) is 12.5. The van der Waals surface area contributed by atoms with E-state index in [-0.39, 0.29) is 6.04 Å². The van der Waals surface area contributed by atoms with Crippen molar-refractivity contribution in [3.63, 3.8) is 0 Å². The maximum Gasteiger partial charge on any atom is 0.338 e. The highest BCUT2D eigenvalue weighted by molar-refractivity contribution is 5.97. The molecule has 0 saturated heterocycles. The van der Waals surface area contributed by atoms with Crippen LogP contribution in [-0.4, -0.2) is 37.2 Å². The fraction of sp³-hybridized carbons (Fsp3) is 0.526. The molecule has 0 aromatic heterocycles. The zero-order valence-corrected chi connectivity index (χ0v) is 15.7. The summed E-state index contributed by atoms with van der Waals surface area (Å²) in [6.07, 6.45) is 3.97. The summed E-state index contributed by atoms with van der Waals surface area (Å²) >= 11 is 0. The predicted molar refractivity (Wildman–Crippen MR) is 98.2 cm³/mol. The summed E-state index contributed by atoms with van der Waals surface area (Å²) in [6, 6.07) is 5.86. The lowest BCUT2D eigenvalue weighted by atomic mass is 10.2. The summed E-state index contributed by atoms with van der Waals surface area (Å²) in [7, 11) is 0. The molecule has 0 aliphatic heterocycles. The average Bonchev–Trinajstić information content (AvgIpc) is 2.63. The van der Waals surface area contributed by atoms with Gasteiger partial charge in [0.2, 0.25) is 0 Å². The molecule has 0 spiro atoms. The van der Waals surface area contributed by atoms with E-state index in [9.17, 15) is 14.4 Å². The van der Waals surface area contributed by atoms with E-state index in [2.05, 4.69) is 17.6 Å². The van der Waals surface area contributed by atoms with Gasteiger partial charge in [-0.15, -0.1) is 0 Å². The van der Waals surface area contributed by atoms with Gasteiger partial charge in [0, 0.05) is 6.04 Å². The number of imide groups is 1. The molecule has 144 valence electrons. The van der Waals surface area contributed by atoms with Gasteiger partial charge in [-0.1, -0.05) is 26.7 Å². The van der Waals surface area contributed by atoms with Crippen LogP contribution in [-0.2, 0) is 9.53 Å². The maximum absolute atomic E-state index is 11.9. The van der Waals surface area contributed by atoms with Crippen LogP contribution in [0.5, 0.6) is 5.75 Å². The van der Waals surface area contributed by atoms with Crippen molar-refractivity contribution in [3.05, 3.63) is 29.8 Å². The number of hydrogen-bond acceptors (Lipinski definition) is 5. The number of nitrogens with one attached hydrogen (secondary N) is 2. The second kappa shape index (κ2) is 11.9. The first-order valence-corrected chi connectivity index (χ1v) is 8.96. The van der Waals surface area contributed by atoms with Crippen molar-refractivity contribution in [2.75, 3.05) is 13.2 Å². The monoisotopic (exact) mass is 364 g/mol. The number of carbonyl (C=O) groups is 3. The van der Waals surface area contributed by atoms with Crippen molar-refractivity contribution in [3.8, 4) is 5.75 Å². The molecular formula is C19H28N2O5. The Morgan fingerprint density at radius 2 is 1.77 bits per heavy atom. The van der Waals surface area contributed by atoms with Gasteiger partial charge < -0.3 is 14.8 Å². The Balaban J connectivity index is 2.36. The van der Waals surface area contributed by atoms with Crippen molar-refractivity contribution < 1.29 is 23.9 Å². The van der Waals surface area contributed by atoms with E-state index >= 15 is 0 Å². The van der Waals surface area contributed by atoms with E-state index in [1.165, 1.54) is 0 Å². The molecule has 0 radical (unpaired) electrons. The van der Waals surface area contributed by atoms with Crippen LogP contribution >= 0.6 is 0 Å². The van der Waals surface area contributed by atoms with Crippen LogP contribution in [0.3, 0.4) is 0 Å². The summed E-state index contributed by atoms with van der Waals surface area (Å²) in [6.45, 7) is 5.97. The molecule has 0 heterocycles. The van der Waals surface area contributed by atoms with E-state index in [0.29, 0.717) is 17.9 Å². The van der Waals surface area contributed by atoms with E-state index in [0.717, 1.165) is 25.7 Å². The zero-order chi connectivity index (χ0) is 19.4. The quantitative estimate of drug-likeness (QED) is 0.492. The number of ether oxygens (including phenoxy) is 2. The molecule has 0 bridgehead atoms. The highest BCUT2D eigenvalue weighted by Gasteiger charge is 2.13. The Labute approximate surface area is 154 Å². The number of benzene rings is 1. The molecule has 0 unspecified atom stereocenters. The largest absolute Gasteiger partial charge is 0.494 e. The van der Waals surface area contributed by atoms with Gasteiger partial charge in [0.05, 0.1) is 12.2 Å². The fourth-order valence-electron chi connectivity index (χ4n) is 1.97. The van der Waals surface area contributed by atoms with Crippen LogP contribution in [0.25, 0.3) is 0 Å². The van der Waals surface area contributed by atoms with E-state index < -0.39 is 24.5 Å². The zero-order valence-electron chi connectivity index (χ0n) is 15.7. The summed E-state index contributed by atoms with van der Waals surface area (Å²) in [4.78, 5) is 35.0. The molecule has 26 heavy (non-hydrogen) atoms. The Kier molecular flexibility index (Phi) is 9.82. The maximum atomic E-state index is 11.9. The van der Waals surface area contributed by atoms with Gasteiger partial charge in [-0.3, -0.25) is 10.1 Å². The van der Waals surface area contributed by atoms with Gasteiger partial charge in [0.25, 0.3) is 5.91 Å². The van der Waals surface area contributed by atoms with Gasteiger partial charge in [0.1, 0.15) is 5.75 Å². The van der Waals surface area contributed by atoms with E-state index in [4.69, 9.17) is 9.47 Å². The van der Waals surface area contributed by atoms with Crippen LogP contribution < -0.4 is 15.4 Å². The number of hydrogen-bond donors (Lipinski definition) is 2. The van der Waals surface area contributed by atoms with Gasteiger partial charge in [-0.05, 0) is 44.0 Å². The summed E-state index contributed by atoms with van der Waals surface area (Å²) in [5.41, 5.74) is 0.308. The van der Waals surface area contributed by atoms with Gasteiger partial charge >= 0.3 is 12.0 Å². The Morgan fingerprint density at radius 1 is 1.08 bits per heavy atom. The van der Waals surface area contributed by atoms with Crippen LogP contribution in [0.2, 0.25) is 0 Å². The number of esters is 1. The third-order valence-electron chi connectivity index (χ3n) is 3.68. The van der Waals surface area contributed by atoms with Crippen LogP contribution in [0.15, 0.2) is 24.3 Å². The van der Waals surface area contributed by atoms with Gasteiger partial charge in [-0.25, -0.2) is 9.59 Å². The highest BCUT2D eigenvalue weighted by atomic mass is 16.5. The Morgan fingerprint density at radius 3 is 2.38 bits per heavy atom. The molecule has 0 saturated carbocycles. The summed E-state index contributed by atoms with van der Waals surface area (Å²) < 4.78 is 10.5. The Hall–Kier alpha value is -2.57. The smallest absolute Gasteiger partial charge is 0.338 e. The van der Waals surface area contributed by atoms with Crippen molar-refractivity contribution in [1.29, 1.82) is 0 Å². The molecule has 1 aromatic carbocycles. The van der Waals surface area contributed by atoms with Crippen LogP contribution in [0.4, 0.5) is 4.79 Å². The van der Waals surface area contributed by atoms with Crippen molar-refractivity contribution in [1.82, 2.24) is 10.6 Å². The third-order valence-corrected chi connectivity index (χ3v) is 3.68. The van der Waals surface area contributed by atoms with Crippen LogP contribution in [0.1, 0.15) is 56.8 Å². The highest BCUT2D eigenvalue weighted by Crippen LogP contribution is 2.13. The minimum Gasteiger partial charge on any atom is -0.494 e. The topological polar surface area (TPSA) is 93.7 Å². The number of amides is 3. The van der Waals surface area contributed by atoms with E-state index in [1.54, 1.807) is 24.3 Å². The second-order valence-corrected chi connectivity index (χ2v) is 5.99. The molecule has 1 rings (SSSR count). The predicted octanol–water partition coefficient (Wildman–Crippen LogP) is 3.04. The normalized spacial score (nSPS) is 11.3. The van der Waals surface area contributed by atoms with Crippen LogP contribution in [0, 0.1) is 0 Å². The minimum absolute atomic E-state index is 0.0481. The minimum atomic E-state index is -0.685. The number of rotatable bonds is 10. The van der Waals surface area contributed by atoms with Gasteiger partial charge in [-0.2, -0.15) is 0 Å². The summed E-state index contributed by atoms with van der Waals surface area (Å²) in [5, 5.41) is 4.69. The SMILES string of the molecule is CCCCCOc1ccc(C(=O)OCC(=O)NC(=O)N[C@H](C)CC)cc1. The molecule has 7 heteroatoms. The second-order valence-electron chi connectivity index (χ2n) is 5.99. The summed E-state index contributed by atoms with van der Waals surface area (Å²) in [5.74, 6) is -0.646. The molecule has 2 N–H and O–H groups in total. The van der Waals surface area contributed by atoms with Gasteiger partial charge in [0.15, 0.2) is 6.61 Å². The molecular weight excluding hydrogens is 336 g/mol. The molecule has 7 nitrogen and oxygen atoms in total. The molecule has 0 fully saturated rings. The molecule has 0 aliphatic carbocycles.